The molecule has 0 amide bonds. The molecule has 1 rings (SSSR count). The summed E-state index contributed by atoms with van der Waals surface area (Å²) < 4.78 is 24.7. The van der Waals surface area contributed by atoms with Gasteiger partial charge in [0.2, 0.25) is 0 Å². The molecule has 0 N–H and O–H groups in total. The van der Waals surface area contributed by atoms with E-state index in [-0.39, 0.29) is 31.5 Å². The number of rotatable bonds is 0. The maximum absolute atomic E-state index is 12.3. The van der Waals surface area contributed by atoms with Crippen LogP contribution in [-0.4, -0.2) is 23.1 Å². The van der Waals surface area contributed by atoms with Crippen LogP contribution in [0.1, 0.15) is 8.42 Å². The third kappa shape index (κ3) is 1.92. The van der Waals surface area contributed by atoms with Gasteiger partial charge in [-0.3, -0.25) is 0 Å². The molecule has 52 valence electrons. The van der Waals surface area contributed by atoms with E-state index in [2.05, 4.69) is 0 Å². The molecule has 0 atom stereocenters. The molecule has 3 heteroatoms. The topological polar surface area (TPSA) is 0 Å². The molecule has 0 unspecified atom stereocenters. The summed E-state index contributed by atoms with van der Waals surface area (Å²) in [5.41, 5.74) is 0.0810. The second-order valence-corrected chi connectivity index (χ2v) is 1.85. The fourth-order valence-corrected chi connectivity index (χ4v) is 0.581. The van der Waals surface area contributed by atoms with Gasteiger partial charge in [0.25, 0.3) is 0 Å². The first-order valence-electron chi connectivity index (χ1n) is 2.62. The molecular formula is C7H8F2Mg. The SMILES string of the molecule is Cc1c(F)cccc1F.[H-].[H-].[Mg+2]. The number of hydrogen-bond acceptors (Lipinski definition) is 0. The van der Waals surface area contributed by atoms with Crippen molar-refractivity contribution in [1.29, 1.82) is 0 Å². The van der Waals surface area contributed by atoms with E-state index < -0.39 is 11.6 Å². The van der Waals surface area contributed by atoms with Gasteiger partial charge in [-0.1, -0.05) is 6.07 Å². The normalized spacial score (nSPS) is 8.70. The molecule has 0 aliphatic carbocycles. The van der Waals surface area contributed by atoms with Crippen molar-refractivity contribution in [3.63, 3.8) is 0 Å². The molecule has 0 nitrogen and oxygen atoms in total. The van der Waals surface area contributed by atoms with Crippen LogP contribution in [0.2, 0.25) is 0 Å². The predicted molar refractivity (Wildman–Crippen MR) is 39.1 cm³/mol. The van der Waals surface area contributed by atoms with Crippen LogP contribution < -0.4 is 0 Å². The zero-order valence-electron chi connectivity index (χ0n) is 7.70. The van der Waals surface area contributed by atoms with Gasteiger partial charge in [-0.15, -0.1) is 0 Å². The zero-order valence-corrected chi connectivity index (χ0v) is 7.11. The van der Waals surface area contributed by atoms with Crippen LogP contribution in [0.3, 0.4) is 0 Å². The maximum Gasteiger partial charge on any atom is 2.00 e. The van der Waals surface area contributed by atoms with Crippen LogP contribution >= 0.6 is 0 Å². The Hall–Kier alpha value is -0.154. The van der Waals surface area contributed by atoms with E-state index in [9.17, 15) is 8.78 Å². The van der Waals surface area contributed by atoms with Gasteiger partial charge < -0.3 is 2.85 Å². The van der Waals surface area contributed by atoms with Gasteiger partial charge in [-0.05, 0) is 19.1 Å². The first kappa shape index (κ1) is 9.85. The number of hydrogen-bond donors (Lipinski definition) is 0. The zero-order chi connectivity index (χ0) is 6.85. The summed E-state index contributed by atoms with van der Waals surface area (Å²) in [5.74, 6) is -0.981. The van der Waals surface area contributed by atoms with E-state index in [1.165, 1.54) is 25.1 Å². The molecular weight excluding hydrogens is 146 g/mol. The molecule has 0 spiro atoms. The fraction of sp³-hybridized carbons (Fsp3) is 0.143. The predicted octanol–water partition coefficient (Wildman–Crippen LogP) is 2.12. The first-order valence-corrected chi connectivity index (χ1v) is 2.62. The molecule has 0 aliphatic heterocycles. The minimum absolute atomic E-state index is 0. The Morgan fingerprint density at radius 3 is 1.90 bits per heavy atom. The summed E-state index contributed by atoms with van der Waals surface area (Å²) >= 11 is 0. The Kier molecular flexibility index (Phi) is 3.82. The molecule has 1 aromatic rings. The quantitative estimate of drug-likeness (QED) is 0.502. The van der Waals surface area contributed by atoms with Crippen molar-refractivity contribution in [2.75, 3.05) is 0 Å². The van der Waals surface area contributed by atoms with Crippen LogP contribution in [0.15, 0.2) is 18.2 Å². The van der Waals surface area contributed by atoms with E-state index in [1.807, 2.05) is 0 Å². The van der Waals surface area contributed by atoms with E-state index >= 15 is 0 Å². The largest absolute Gasteiger partial charge is 2.00 e. The molecule has 0 aromatic heterocycles. The first-order chi connectivity index (χ1) is 4.22. The Balaban J connectivity index is -0.000000270. The van der Waals surface area contributed by atoms with Crippen molar-refractivity contribution in [1.82, 2.24) is 0 Å². The Labute approximate surface area is 77.4 Å². The smallest absolute Gasteiger partial charge is 1.00 e. The third-order valence-electron chi connectivity index (χ3n) is 1.20. The molecule has 0 fully saturated rings. The summed E-state index contributed by atoms with van der Waals surface area (Å²) in [6, 6.07) is 3.81. The van der Waals surface area contributed by atoms with Crippen LogP contribution in [0.4, 0.5) is 8.78 Å². The summed E-state index contributed by atoms with van der Waals surface area (Å²) in [6.45, 7) is 1.41. The molecule has 0 radical (unpaired) electrons. The van der Waals surface area contributed by atoms with Gasteiger partial charge in [-0.25, -0.2) is 8.78 Å². The van der Waals surface area contributed by atoms with Gasteiger partial charge in [-0.2, -0.15) is 0 Å². The molecule has 0 heterocycles. The van der Waals surface area contributed by atoms with E-state index in [1.54, 1.807) is 0 Å². The summed E-state index contributed by atoms with van der Waals surface area (Å²) in [4.78, 5) is 0. The van der Waals surface area contributed by atoms with Crippen LogP contribution in [0, 0.1) is 18.6 Å². The standard InChI is InChI=1S/C7H6F2.Mg.2H/c1-5-6(8)3-2-4-7(5)9;;;/h2-4H,1H3;;;/q;+2;2*-1. The summed E-state index contributed by atoms with van der Waals surface area (Å²) in [5, 5.41) is 0. The molecule has 0 aliphatic rings. The van der Waals surface area contributed by atoms with E-state index in [4.69, 9.17) is 0 Å². The molecule has 1 aromatic carbocycles. The monoisotopic (exact) mass is 154 g/mol. The molecule has 0 saturated heterocycles. The second kappa shape index (κ2) is 3.88. The van der Waals surface area contributed by atoms with E-state index in [0.29, 0.717) is 0 Å². The van der Waals surface area contributed by atoms with Crippen molar-refractivity contribution >= 4 is 23.1 Å². The van der Waals surface area contributed by atoms with Gasteiger partial charge in [0.05, 0.1) is 0 Å². The molecule has 0 saturated carbocycles. The van der Waals surface area contributed by atoms with Gasteiger partial charge >= 0.3 is 23.1 Å². The van der Waals surface area contributed by atoms with Crippen LogP contribution in [0.5, 0.6) is 0 Å². The van der Waals surface area contributed by atoms with Gasteiger partial charge in [0.15, 0.2) is 0 Å². The van der Waals surface area contributed by atoms with Crippen molar-refractivity contribution < 1.29 is 11.6 Å². The Morgan fingerprint density at radius 1 is 1.20 bits per heavy atom. The van der Waals surface area contributed by atoms with Crippen molar-refractivity contribution in [2.45, 2.75) is 6.92 Å². The maximum atomic E-state index is 12.3. The minimum Gasteiger partial charge on any atom is -1.00 e. The van der Waals surface area contributed by atoms with E-state index in [0.717, 1.165) is 0 Å². The summed E-state index contributed by atoms with van der Waals surface area (Å²) in [6.07, 6.45) is 0. The molecule has 10 heavy (non-hydrogen) atoms. The Morgan fingerprint density at radius 2 is 1.60 bits per heavy atom. The minimum atomic E-state index is -0.491. The third-order valence-corrected chi connectivity index (χ3v) is 1.20. The fourth-order valence-electron chi connectivity index (χ4n) is 0.581. The summed E-state index contributed by atoms with van der Waals surface area (Å²) in [7, 11) is 0. The molecule has 0 bridgehead atoms. The van der Waals surface area contributed by atoms with Crippen LogP contribution in [-0.2, 0) is 0 Å². The van der Waals surface area contributed by atoms with Crippen molar-refractivity contribution in [3.05, 3.63) is 35.4 Å². The van der Waals surface area contributed by atoms with Gasteiger partial charge in [0.1, 0.15) is 11.6 Å². The average Bonchev–Trinajstić information content (AvgIpc) is 1.83. The van der Waals surface area contributed by atoms with Crippen LogP contribution in [0.25, 0.3) is 0 Å². The van der Waals surface area contributed by atoms with Gasteiger partial charge in [0, 0.05) is 5.56 Å². The Bertz CT molecular complexity index is 210. The van der Waals surface area contributed by atoms with Crippen molar-refractivity contribution in [3.8, 4) is 0 Å². The average molecular weight is 154 g/mol. The number of benzene rings is 1. The number of halogens is 2. The van der Waals surface area contributed by atoms with Crippen molar-refractivity contribution in [2.24, 2.45) is 0 Å². The second-order valence-electron chi connectivity index (χ2n) is 1.85.